The fourth-order valence-electron chi connectivity index (χ4n) is 2.15. The molecule has 0 saturated carbocycles. The third-order valence-corrected chi connectivity index (χ3v) is 3.33. The monoisotopic (exact) mass is 268 g/mol. The molecule has 0 amide bonds. The second-order valence-corrected chi connectivity index (χ2v) is 4.76. The van der Waals surface area contributed by atoms with E-state index < -0.39 is 0 Å². The molecule has 0 aliphatic rings. The Labute approximate surface area is 119 Å². The lowest BCUT2D eigenvalue weighted by Gasteiger charge is -2.24. The van der Waals surface area contributed by atoms with Crippen LogP contribution in [0.25, 0.3) is 0 Å². The molecule has 0 aliphatic carbocycles. The van der Waals surface area contributed by atoms with Crippen LogP contribution < -0.4 is 4.90 Å². The molecule has 0 N–H and O–H groups in total. The predicted molar refractivity (Wildman–Crippen MR) is 79.0 cm³/mol. The highest BCUT2D eigenvalue weighted by atomic mass is 19.1. The Morgan fingerprint density at radius 2 is 1.85 bits per heavy atom. The van der Waals surface area contributed by atoms with Crippen LogP contribution in [0.1, 0.15) is 23.6 Å². The van der Waals surface area contributed by atoms with E-state index in [4.69, 9.17) is 5.26 Å². The highest BCUT2D eigenvalue weighted by Gasteiger charge is 2.09. The molecule has 0 saturated heterocycles. The molecule has 0 fully saturated rings. The van der Waals surface area contributed by atoms with Gasteiger partial charge in [-0.3, -0.25) is 0 Å². The van der Waals surface area contributed by atoms with Gasteiger partial charge in [-0.25, -0.2) is 4.39 Å². The van der Waals surface area contributed by atoms with E-state index in [2.05, 4.69) is 23.1 Å². The van der Waals surface area contributed by atoms with E-state index in [1.54, 1.807) is 0 Å². The van der Waals surface area contributed by atoms with Crippen molar-refractivity contribution in [3.63, 3.8) is 0 Å². The van der Waals surface area contributed by atoms with Crippen LogP contribution in [0.2, 0.25) is 0 Å². The first kappa shape index (κ1) is 14.1. The number of benzene rings is 2. The van der Waals surface area contributed by atoms with Crippen molar-refractivity contribution in [1.29, 1.82) is 5.26 Å². The minimum absolute atomic E-state index is 0.307. The summed E-state index contributed by atoms with van der Waals surface area (Å²) >= 11 is 0. The number of rotatable bonds is 4. The van der Waals surface area contributed by atoms with Crippen LogP contribution in [0.15, 0.2) is 42.5 Å². The summed E-state index contributed by atoms with van der Waals surface area (Å²) in [6, 6.07) is 14.6. The van der Waals surface area contributed by atoms with Crippen molar-refractivity contribution >= 4 is 5.69 Å². The van der Waals surface area contributed by atoms with Crippen molar-refractivity contribution in [2.45, 2.75) is 20.4 Å². The van der Waals surface area contributed by atoms with Crippen LogP contribution in [0.4, 0.5) is 10.1 Å². The van der Waals surface area contributed by atoms with E-state index in [0.29, 0.717) is 12.1 Å². The van der Waals surface area contributed by atoms with Crippen molar-refractivity contribution in [1.82, 2.24) is 0 Å². The maximum atomic E-state index is 13.4. The average Bonchev–Trinajstić information content (AvgIpc) is 2.46. The molecule has 3 heteroatoms. The highest BCUT2D eigenvalue weighted by molar-refractivity contribution is 5.49. The Balaban J connectivity index is 2.29. The van der Waals surface area contributed by atoms with Gasteiger partial charge >= 0.3 is 0 Å². The van der Waals surface area contributed by atoms with E-state index in [-0.39, 0.29) is 5.82 Å². The van der Waals surface area contributed by atoms with Gasteiger partial charge in [-0.05, 0) is 49.7 Å². The maximum absolute atomic E-state index is 13.4. The van der Waals surface area contributed by atoms with E-state index in [9.17, 15) is 4.39 Å². The Hall–Kier alpha value is -2.34. The molecule has 0 aromatic heterocycles. The molecule has 102 valence electrons. The van der Waals surface area contributed by atoms with Crippen molar-refractivity contribution in [2.24, 2.45) is 0 Å². The molecule has 0 radical (unpaired) electrons. The average molecular weight is 268 g/mol. The number of halogens is 1. The van der Waals surface area contributed by atoms with Gasteiger partial charge in [0.2, 0.25) is 0 Å². The van der Waals surface area contributed by atoms with Gasteiger partial charge in [0.15, 0.2) is 0 Å². The molecule has 0 heterocycles. The molecule has 2 aromatic rings. The summed E-state index contributed by atoms with van der Waals surface area (Å²) in [5.74, 6) is -0.307. The van der Waals surface area contributed by atoms with Crippen LogP contribution in [0.5, 0.6) is 0 Å². The lowest BCUT2D eigenvalue weighted by atomic mass is 10.1. The maximum Gasteiger partial charge on any atom is 0.123 e. The largest absolute Gasteiger partial charge is 0.367 e. The van der Waals surface area contributed by atoms with Crippen LogP contribution in [0, 0.1) is 24.1 Å². The molecule has 0 bridgehead atoms. The minimum atomic E-state index is -0.307. The lowest BCUT2D eigenvalue weighted by Crippen LogP contribution is -2.22. The van der Waals surface area contributed by atoms with Crippen molar-refractivity contribution < 1.29 is 4.39 Å². The molecule has 2 aromatic carbocycles. The molecule has 20 heavy (non-hydrogen) atoms. The Morgan fingerprint density at radius 3 is 2.45 bits per heavy atom. The fraction of sp³-hybridized carbons (Fsp3) is 0.235. The number of aryl methyl sites for hydroxylation is 1. The van der Waals surface area contributed by atoms with Crippen molar-refractivity contribution in [2.75, 3.05) is 11.4 Å². The Bertz CT molecular complexity index is 626. The zero-order chi connectivity index (χ0) is 14.5. The molecule has 0 spiro atoms. The van der Waals surface area contributed by atoms with Crippen molar-refractivity contribution in [3.05, 3.63) is 65.0 Å². The third kappa shape index (κ3) is 3.16. The van der Waals surface area contributed by atoms with Gasteiger partial charge in [-0.15, -0.1) is 0 Å². The summed E-state index contributed by atoms with van der Waals surface area (Å²) in [6.07, 6.45) is 0. The molecular formula is C17H17FN2. The third-order valence-electron chi connectivity index (χ3n) is 3.33. The van der Waals surface area contributed by atoms with Crippen LogP contribution in [0.3, 0.4) is 0 Å². The number of anilines is 1. The summed E-state index contributed by atoms with van der Waals surface area (Å²) in [4.78, 5) is 2.12. The fourth-order valence-corrected chi connectivity index (χ4v) is 2.15. The van der Waals surface area contributed by atoms with E-state index >= 15 is 0 Å². The molecule has 0 unspecified atom stereocenters. The Morgan fingerprint density at radius 1 is 1.15 bits per heavy atom. The number of hydrogen-bond donors (Lipinski definition) is 0. The second kappa shape index (κ2) is 6.21. The van der Waals surface area contributed by atoms with Crippen LogP contribution in [-0.2, 0) is 6.54 Å². The van der Waals surface area contributed by atoms with Gasteiger partial charge in [0.1, 0.15) is 5.82 Å². The number of nitriles is 1. The highest BCUT2D eigenvalue weighted by Crippen LogP contribution is 2.20. The summed E-state index contributed by atoms with van der Waals surface area (Å²) in [7, 11) is 0. The zero-order valence-corrected chi connectivity index (χ0v) is 11.7. The van der Waals surface area contributed by atoms with Gasteiger partial charge in [-0.1, -0.05) is 17.7 Å². The Kier molecular flexibility index (Phi) is 4.37. The van der Waals surface area contributed by atoms with Crippen molar-refractivity contribution in [3.8, 4) is 6.07 Å². The van der Waals surface area contributed by atoms with Gasteiger partial charge < -0.3 is 4.90 Å². The standard InChI is InChI=1S/C17H17FN2/c1-3-20(17-8-4-13(2)5-9-17)12-15-10-16(18)7-6-14(15)11-19/h4-10H,3,12H2,1-2H3. The van der Waals surface area contributed by atoms with Gasteiger partial charge in [0, 0.05) is 18.8 Å². The molecule has 2 rings (SSSR count). The summed E-state index contributed by atoms with van der Waals surface area (Å²) < 4.78 is 13.4. The molecule has 2 nitrogen and oxygen atoms in total. The first-order valence-corrected chi connectivity index (χ1v) is 6.64. The van der Waals surface area contributed by atoms with E-state index in [0.717, 1.165) is 17.8 Å². The quantitative estimate of drug-likeness (QED) is 0.837. The number of hydrogen-bond acceptors (Lipinski definition) is 2. The molecule has 0 atom stereocenters. The second-order valence-electron chi connectivity index (χ2n) is 4.76. The van der Waals surface area contributed by atoms with Gasteiger partial charge in [-0.2, -0.15) is 5.26 Å². The first-order valence-electron chi connectivity index (χ1n) is 6.64. The van der Waals surface area contributed by atoms with E-state index in [1.165, 1.54) is 23.8 Å². The zero-order valence-electron chi connectivity index (χ0n) is 11.7. The minimum Gasteiger partial charge on any atom is -0.367 e. The topological polar surface area (TPSA) is 27.0 Å². The summed E-state index contributed by atoms with van der Waals surface area (Å²) in [5, 5.41) is 9.11. The first-order chi connectivity index (χ1) is 9.63. The van der Waals surface area contributed by atoms with Gasteiger partial charge in [0.25, 0.3) is 0 Å². The summed E-state index contributed by atoms with van der Waals surface area (Å²) in [6.45, 7) is 5.41. The lowest BCUT2D eigenvalue weighted by molar-refractivity contribution is 0.624. The molecule has 0 aliphatic heterocycles. The SMILES string of the molecule is CCN(Cc1cc(F)ccc1C#N)c1ccc(C)cc1. The van der Waals surface area contributed by atoms with Crippen LogP contribution in [-0.4, -0.2) is 6.54 Å². The predicted octanol–water partition coefficient (Wildman–Crippen LogP) is 4.03. The number of nitrogens with zero attached hydrogens (tertiary/aromatic N) is 2. The smallest absolute Gasteiger partial charge is 0.123 e. The molecular weight excluding hydrogens is 251 g/mol. The van der Waals surface area contributed by atoms with Crippen LogP contribution >= 0.6 is 0 Å². The summed E-state index contributed by atoms with van der Waals surface area (Å²) in [5.41, 5.74) is 3.52. The normalized spacial score (nSPS) is 10.1. The van der Waals surface area contributed by atoms with Gasteiger partial charge in [0.05, 0.1) is 11.6 Å². The van der Waals surface area contributed by atoms with E-state index in [1.807, 2.05) is 26.0 Å².